The predicted molar refractivity (Wildman–Crippen MR) is 83.1 cm³/mol. The molecule has 0 radical (unpaired) electrons. The molecule has 6 nitrogen and oxygen atoms in total. The topological polar surface area (TPSA) is 108 Å². The Hall–Kier alpha value is -2.72. The van der Waals surface area contributed by atoms with Crippen LogP contribution in [0, 0.1) is 17.1 Å². The second-order valence-electron chi connectivity index (χ2n) is 5.51. The lowest BCUT2D eigenvalue weighted by Gasteiger charge is -2.23. The Kier molecular flexibility index (Phi) is 4.08. The van der Waals surface area contributed by atoms with Crippen LogP contribution in [0.2, 0.25) is 0 Å². The minimum atomic E-state index is -0.509. The highest BCUT2D eigenvalue weighted by molar-refractivity contribution is 5.67. The van der Waals surface area contributed by atoms with Crippen LogP contribution in [-0.2, 0) is 0 Å². The zero-order valence-electron chi connectivity index (χ0n) is 12.4. The number of nitrogen functional groups attached to an aromatic ring is 1. The summed E-state index contributed by atoms with van der Waals surface area (Å²) < 4.78 is 13.5. The van der Waals surface area contributed by atoms with Crippen molar-refractivity contribution in [1.29, 1.82) is 5.26 Å². The molecule has 1 saturated heterocycles. The van der Waals surface area contributed by atoms with E-state index in [1.165, 1.54) is 6.07 Å². The SMILES string of the molecule is N#Cc1c(N)nc(-c2cc(F)ccc2O)nc1C1CCCNC1. The molecule has 0 saturated carbocycles. The van der Waals surface area contributed by atoms with Gasteiger partial charge >= 0.3 is 0 Å². The lowest BCUT2D eigenvalue weighted by atomic mass is 9.93. The molecule has 7 heteroatoms. The molecule has 4 N–H and O–H groups in total. The van der Waals surface area contributed by atoms with Gasteiger partial charge in [-0.1, -0.05) is 0 Å². The van der Waals surface area contributed by atoms with Crippen molar-refractivity contribution in [2.75, 3.05) is 18.8 Å². The highest BCUT2D eigenvalue weighted by Crippen LogP contribution is 2.32. The van der Waals surface area contributed by atoms with Gasteiger partial charge in [-0.3, -0.25) is 0 Å². The maximum Gasteiger partial charge on any atom is 0.165 e. The molecule has 1 aromatic heterocycles. The van der Waals surface area contributed by atoms with Gasteiger partial charge in [-0.15, -0.1) is 0 Å². The van der Waals surface area contributed by atoms with Gasteiger partial charge in [0.25, 0.3) is 0 Å². The fourth-order valence-electron chi connectivity index (χ4n) is 2.80. The van der Waals surface area contributed by atoms with Gasteiger partial charge in [0, 0.05) is 12.5 Å². The van der Waals surface area contributed by atoms with Crippen LogP contribution >= 0.6 is 0 Å². The number of aromatic hydroxyl groups is 1. The Morgan fingerprint density at radius 1 is 1.39 bits per heavy atom. The highest BCUT2D eigenvalue weighted by atomic mass is 19.1. The van der Waals surface area contributed by atoms with E-state index in [9.17, 15) is 14.8 Å². The Morgan fingerprint density at radius 2 is 2.22 bits per heavy atom. The van der Waals surface area contributed by atoms with E-state index in [0.717, 1.165) is 31.5 Å². The number of aromatic nitrogens is 2. The summed E-state index contributed by atoms with van der Waals surface area (Å²) in [7, 11) is 0. The van der Waals surface area contributed by atoms with E-state index in [4.69, 9.17) is 5.73 Å². The number of anilines is 1. The molecule has 1 aliphatic rings. The quantitative estimate of drug-likeness (QED) is 0.781. The smallest absolute Gasteiger partial charge is 0.165 e. The van der Waals surface area contributed by atoms with Crippen molar-refractivity contribution in [2.24, 2.45) is 0 Å². The predicted octanol–water partition coefficient (Wildman–Crippen LogP) is 1.91. The minimum Gasteiger partial charge on any atom is -0.507 e. The van der Waals surface area contributed by atoms with Crippen LogP contribution in [0.1, 0.15) is 30.0 Å². The van der Waals surface area contributed by atoms with E-state index >= 15 is 0 Å². The summed E-state index contributed by atoms with van der Waals surface area (Å²) in [5.74, 6) is -0.438. The van der Waals surface area contributed by atoms with Gasteiger partial charge in [-0.2, -0.15) is 5.26 Å². The second kappa shape index (κ2) is 6.18. The maximum atomic E-state index is 13.5. The fourth-order valence-corrected chi connectivity index (χ4v) is 2.80. The fraction of sp³-hybridized carbons (Fsp3) is 0.312. The molecule has 0 amide bonds. The van der Waals surface area contributed by atoms with E-state index in [2.05, 4.69) is 21.4 Å². The summed E-state index contributed by atoms with van der Waals surface area (Å²) in [6.07, 6.45) is 1.85. The van der Waals surface area contributed by atoms with Gasteiger partial charge in [0.2, 0.25) is 0 Å². The van der Waals surface area contributed by atoms with E-state index in [1.54, 1.807) is 0 Å². The lowest BCUT2D eigenvalue weighted by molar-refractivity contribution is 0.453. The average Bonchev–Trinajstić information content (AvgIpc) is 2.57. The van der Waals surface area contributed by atoms with Crippen LogP contribution in [0.3, 0.4) is 0 Å². The normalized spacial score (nSPS) is 17.7. The van der Waals surface area contributed by atoms with E-state index < -0.39 is 5.82 Å². The summed E-state index contributed by atoms with van der Waals surface area (Å²) in [5, 5.41) is 22.6. The van der Waals surface area contributed by atoms with Crippen molar-refractivity contribution in [3.63, 3.8) is 0 Å². The molecule has 3 rings (SSSR count). The van der Waals surface area contributed by atoms with Crippen molar-refractivity contribution in [3.8, 4) is 23.2 Å². The third-order valence-electron chi connectivity index (χ3n) is 3.96. The zero-order chi connectivity index (χ0) is 16.4. The molecular weight excluding hydrogens is 297 g/mol. The molecule has 0 bridgehead atoms. The number of rotatable bonds is 2. The maximum absolute atomic E-state index is 13.5. The largest absolute Gasteiger partial charge is 0.507 e. The van der Waals surface area contributed by atoms with Gasteiger partial charge < -0.3 is 16.2 Å². The van der Waals surface area contributed by atoms with E-state index in [0.29, 0.717) is 12.2 Å². The van der Waals surface area contributed by atoms with Gasteiger partial charge in [-0.05, 0) is 37.6 Å². The number of nitriles is 1. The third-order valence-corrected chi connectivity index (χ3v) is 3.96. The van der Waals surface area contributed by atoms with Crippen LogP contribution in [0.5, 0.6) is 5.75 Å². The lowest BCUT2D eigenvalue weighted by Crippen LogP contribution is -2.29. The average molecular weight is 313 g/mol. The van der Waals surface area contributed by atoms with Crippen LogP contribution < -0.4 is 11.1 Å². The highest BCUT2D eigenvalue weighted by Gasteiger charge is 2.24. The van der Waals surface area contributed by atoms with Crippen molar-refractivity contribution in [3.05, 3.63) is 35.3 Å². The Labute approximate surface area is 132 Å². The number of halogens is 1. The van der Waals surface area contributed by atoms with Crippen LogP contribution in [0.15, 0.2) is 18.2 Å². The summed E-state index contributed by atoms with van der Waals surface area (Å²) in [4.78, 5) is 8.49. The van der Waals surface area contributed by atoms with Gasteiger partial charge in [0.1, 0.15) is 29.0 Å². The molecule has 2 heterocycles. The monoisotopic (exact) mass is 313 g/mol. The van der Waals surface area contributed by atoms with Gasteiger partial charge in [-0.25, -0.2) is 14.4 Å². The molecule has 0 aliphatic carbocycles. The van der Waals surface area contributed by atoms with Crippen molar-refractivity contribution < 1.29 is 9.50 Å². The van der Waals surface area contributed by atoms with E-state index in [-0.39, 0.29) is 34.4 Å². The number of nitrogens with zero attached hydrogens (tertiary/aromatic N) is 3. The molecule has 1 atom stereocenters. The summed E-state index contributed by atoms with van der Waals surface area (Å²) in [6, 6.07) is 5.59. The van der Waals surface area contributed by atoms with Crippen LogP contribution in [0.25, 0.3) is 11.4 Å². The summed E-state index contributed by atoms with van der Waals surface area (Å²) >= 11 is 0. The number of benzene rings is 1. The first kappa shape index (κ1) is 15.2. The van der Waals surface area contributed by atoms with Crippen molar-refractivity contribution in [2.45, 2.75) is 18.8 Å². The van der Waals surface area contributed by atoms with Crippen molar-refractivity contribution >= 4 is 5.82 Å². The van der Waals surface area contributed by atoms with Crippen LogP contribution in [0.4, 0.5) is 10.2 Å². The van der Waals surface area contributed by atoms with Gasteiger partial charge in [0.05, 0.1) is 11.3 Å². The molecule has 1 fully saturated rings. The Bertz CT molecular complexity index is 781. The number of hydrogen-bond acceptors (Lipinski definition) is 6. The Morgan fingerprint density at radius 3 is 2.91 bits per heavy atom. The number of nitrogens with two attached hydrogens (primary N) is 1. The summed E-state index contributed by atoms with van der Waals surface area (Å²) in [6.45, 7) is 1.62. The number of piperidine rings is 1. The van der Waals surface area contributed by atoms with Crippen molar-refractivity contribution in [1.82, 2.24) is 15.3 Å². The van der Waals surface area contributed by atoms with Crippen LogP contribution in [-0.4, -0.2) is 28.2 Å². The standard InChI is InChI=1S/C16H16FN5O/c17-10-3-4-13(23)11(6-10)16-21-14(9-2-1-5-20-8-9)12(7-18)15(19)22-16/h3-4,6,9,20,23H,1-2,5,8H2,(H2,19,21,22). The molecule has 23 heavy (non-hydrogen) atoms. The third kappa shape index (κ3) is 2.94. The number of phenolic OH excluding ortho intramolecular Hbond substituents is 1. The molecular formula is C16H16FN5O. The minimum absolute atomic E-state index is 0.0400. The first-order valence-corrected chi connectivity index (χ1v) is 7.37. The first-order chi connectivity index (χ1) is 11.1. The van der Waals surface area contributed by atoms with E-state index in [1.807, 2.05) is 0 Å². The zero-order valence-corrected chi connectivity index (χ0v) is 12.4. The molecule has 1 aromatic carbocycles. The number of phenols is 1. The van der Waals surface area contributed by atoms with Gasteiger partial charge in [0.15, 0.2) is 5.82 Å². The second-order valence-corrected chi connectivity index (χ2v) is 5.51. The number of hydrogen-bond donors (Lipinski definition) is 3. The molecule has 1 unspecified atom stereocenters. The molecule has 0 spiro atoms. The number of nitrogens with one attached hydrogen (secondary N) is 1. The first-order valence-electron chi connectivity index (χ1n) is 7.37. The molecule has 1 aliphatic heterocycles. The Balaban J connectivity index is 2.14. The summed E-state index contributed by atoms with van der Waals surface area (Å²) in [5.41, 5.74) is 6.85. The molecule has 2 aromatic rings. The molecule has 118 valence electrons.